The molecule has 0 saturated heterocycles. The SMILES string of the molecule is CC(C)(C)c1cccc(Oc2ccc(C3(C#N)CCSC(N)=N3)cc2)c1. The largest absolute Gasteiger partial charge is 0.457 e. The van der Waals surface area contributed by atoms with E-state index >= 15 is 0 Å². The molecule has 1 atom stereocenters. The van der Waals surface area contributed by atoms with Gasteiger partial charge in [0.1, 0.15) is 11.5 Å². The minimum absolute atomic E-state index is 0.0688. The van der Waals surface area contributed by atoms with Crippen molar-refractivity contribution in [1.82, 2.24) is 0 Å². The maximum atomic E-state index is 9.67. The Hall–Kier alpha value is -2.45. The van der Waals surface area contributed by atoms with Gasteiger partial charge in [0.05, 0.1) is 6.07 Å². The van der Waals surface area contributed by atoms with Gasteiger partial charge in [-0.15, -0.1) is 0 Å². The van der Waals surface area contributed by atoms with Crippen molar-refractivity contribution in [2.24, 2.45) is 10.7 Å². The summed E-state index contributed by atoms with van der Waals surface area (Å²) < 4.78 is 6.00. The van der Waals surface area contributed by atoms with Gasteiger partial charge in [-0.1, -0.05) is 56.8 Å². The minimum atomic E-state index is -0.889. The van der Waals surface area contributed by atoms with E-state index in [1.165, 1.54) is 17.3 Å². The number of nitrogens with zero attached hydrogens (tertiary/aromatic N) is 2. The number of amidine groups is 1. The van der Waals surface area contributed by atoms with Crippen molar-refractivity contribution in [3.05, 3.63) is 59.7 Å². The Morgan fingerprint density at radius 1 is 1.15 bits per heavy atom. The quantitative estimate of drug-likeness (QED) is 0.835. The molecule has 3 rings (SSSR count). The summed E-state index contributed by atoms with van der Waals surface area (Å²) in [6, 6.07) is 18.0. The van der Waals surface area contributed by atoms with Crippen LogP contribution in [0.15, 0.2) is 53.5 Å². The molecule has 1 aliphatic heterocycles. The molecule has 1 heterocycles. The molecule has 1 aliphatic rings. The molecule has 5 heteroatoms. The highest BCUT2D eigenvalue weighted by Gasteiger charge is 2.34. The van der Waals surface area contributed by atoms with Crippen LogP contribution in [0.3, 0.4) is 0 Å². The number of rotatable bonds is 3. The number of ether oxygens (including phenoxy) is 1. The zero-order valence-corrected chi connectivity index (χ0v) is 16.1. The van der Waals surface area contributed by atoms with Gasteiger partial charge in [0.15, 0.2) is 10.7 Å². The smallest absolute Gasteiger partial charge is 0.175 e. The van der Waals surface area contributed by atoms with E-state index in [1.807, 2.05) is 36.4 Å². The van der Waals surface area contributed by atoms with E-state index in [1.54, 1.807) is 0 Å². The van der Waals surface area contributed by atoms with Crippen molar-refractivity contribution in [3.63, 3.8) is 0 Å². The second-order valence-corrected chi connectivity index (χ2v) is 8.54. The van der Waals surface area contributed by atoms with E-state index in [0.717, 1.165) is 22.8 Å². The summed E-state index contributed by atoms with van der Waals surface area (Å²) in [5, 5.41) is 10.1. The Balaban J connectivity index is 1.83. The number of nitriles is 1. The van der Waals surface area contributed by atoms with Gasteiger partial charge in [-0.05, 0) is 47.2 Å². The maximum Gasteiger partial charge on any atom is 0.175 e. The first kappa shape index (κ1) is 18.3. The average molecular weight is 366 g/mol. The first-order valence-corrected chi connectivity index (χ1v) is 9.59. The maximum absolute atomic E-state index is 9.67. The van der Waals surface area contributed by atoms with Crippen molar-refractivity contribution in [3.8, 4) is 17.6 Å². The molecule has 0 saturated carbocycles. The van der Waals surface area contributed by atoms with Gasteiger partial charge in [0.2, 0.25) is 0 Å². The number of hydrogen-bond donors (Lipinski definition) is 1. The summed E-state index contributed by atoms with van der Waals surface area (Å²) in [6.45, 7) is 6.53. The van der Waals surface area contributed by atoms with Crippen LogP contribution < -0.4 is 10.5 Å². The van der Waals surface area contributed by atoms with Gasteiger partial charge in [-0.3, -0.25) is 0 Å². The Labute approximate surface area is 159 Å². The Kier molecular flexibility index (Phi) is 4.97. The lowest BCUT2D eigenvalue weighted by atomic mass is 9.87. The molecule has 4 nitrogen and oxygen atoms in total. The molecule has 0 amide bonds. The zero-order chi connectivity index (χ0) is 18.8. The van der Waals surface area contributed by atoms with Gasteiger partial charge >= 0.3 is 0 Å². The average Bonchev–Trinajstić information content (AvgIpc) is 2.62. The van der Waals surface area contributed by atoms with Gasteiger partial charge in [0.25, 0.3) is 0 Å². The lowest BCUT2D eigenvalue weighted by Crippen LogP contribution is -2.30. The predicted octanol–water partition coefficient (Wildman–Crippen LogP) is 4.95. The molecule has 0 aliphatic carbocycles. The number of hydrogen-bond acceptors (Lipinski definition) is 5. The van der Waals surface area contributed by atoms with Gasteiger partial charge in [-0.2, -0.15) is 5.26 Å². The number of thioether (sulfide) groups is 1. The molecule has 2 N–H and O–H groups in total. The van der Waals surface area contributed by atoms with Crippen LogP contribution in [0.1, 0.15) is 38.3 Å². The van der Waals surface area contributed by atoms with Crippen molar-refractivity contribution in [1.29, 1.82) is 5.26 Å². The molecule has 26 heavy (non-hydrogen) atoms. The van der Waals surface area contributed by atoms with Crippen LogP contribution in [-0.4, -0.2) is 10.9 Å². The second kappa shape index (κ2) is 7.05. The third-order valence-electron chi connectivity index (χ3n) is 4.47. The van der Waals surface area contributed by atoms with E-state index in [9.17, 15) is 5.26 Å². The highest BCUT2D eigenvalue weighted by molar-refractivity contribution is 8.13. The fourth-order valence-electron chi connectivity index (χ4n) is 2.89. The molecule has 2 aromatic rings. The second-order valence-electron chi connectivity index (χ2n) is 7.42. The van der Waals surface area contributed by atoms with Crippen LogP contribution in [0.5, 0.6) is 11.5 Å². The van der Waals surface area contributed by atoms with Crippen LogP contribution in [0, 0.1) is 11.3 Å². The van der Waals surface area contributed by atoms with Crippen LogP contribution in [0.2, 0.25) is 0 Å². The van der Waals surface area contributed by atoms with E-state index in [2.05, 4.69) is 44.0 Å². The van der Waals surface area contributed by atoms with Crippen LogP contribution in [0.4, 0.5) is 0 Å². The van der Waals surface area contributed by atoms with E-state index in [4.69, 9.17) is 10.5 Å². The van der Waals surface area contributed by atoms with Gasteiger partial charge in [0, 0.05) is 5.75 Å². The van der Waals surface area contributed by atoms with Crippen molar-refractivity contribution in [2.45, 2.75) is 38.1 Å². The first-order valence-electron chi connectivity index (χ1n) is 8.61. The number of benzene rings is 2. The molecule has 134 valence electrons. The lowest BCUT2D eigenvalue weighted by Gasteiger charge is -2.26. The third-order valence-corrected chi connectivity index (χ3v) is 5.26. The molecule has 2 aromatic carbocycles. The summed E-state index contributed by atoms with van der Waals surface area (Å²) >= 11 is 1.49. The Morgan fingerprint density at radius 3 is 2.50 bits per heavy atom. The fraction of sp³-hybridized carbons (Fsp3) is 0.333. The molecule has 1 unspecified atom stereocenters. The predicted molar refractivity (Wildman–Crippen MR) is 108 cm³/mol. The van der Waals surface area contributed by atoms with Gasteiger partial charge in [-0.25, -0.2) is 4.99 Å². The highest BCUT2D eigenvalue weighted by Crippen LogP contribution is 2.36. The third kappa shape index (κ3) is 3.86. The van der Waals surface area contributed by atoms with Crippen molar-refractivity contribution >= 4 is 16.9 Å². The molecule has 0 spiro atoms. The van der Waals surface area contributed by atoms with Crippen LogP contribution >= 0.6 is 11.8 Å². The molecule has 0 aromatic heterocycles. The summed E-state index contributed by atoms with van der Waals surface area (Å²) in [7, 11) is 0. The fourth-order valence-corrected chi connectivity index (χ4v) is 3.72. The molecule has 0 bridgehead atoms. The topological polar surface area (TPSA) is 71.4 Å². The number of nitrogens with two attached hydrogens (primary N) is 1. The zero-order valence-electron chi connectivity index (χ0n) is 15.3. The minimum Gasteiger partial charge on any atom is -0.457 e. The van der Waals surface area contributed by atoms with Crippen molar-refractivity contribution < 1.29 is 4.74 Å². The normalized spacial score (nSPS) is 20.2. The van der Waals surface area contributed by atoms with E-state index < -0.39 is 5.54 Å². The molecular formula is C21H23N3OS. The van der Waals surface area contributed by atoms with E-state index in [-0.39, 0.29) is 5.41 Å². The molecular weight excluding hydrogens is 342 g/mol. The molecule has 0 fully saturated rings. The summed E-state index contributed by atoms with van der Waals surface area (Å²) in [4.78, 5) is 4.41. The van der Waals surface area contributed by atoms with E-state index in [0.29, 0.717) is 11.6 Å². The summed E-state index contributed by atoms with van der Waals surface area (Å²) in [5.41, 5.74) is 7.09. The highest BCUT2D eigenvalue weighted by atomic mass is 32.2. The Bertz CT molecular complexity index is 862. The van der Waals surface area contributed by atoms with Crippen molar-refractivity contribution in [2.75, 3.05) is 5.75 Å². The Morgan fingerprint density at radius 2 is 1.88 bits per heavy atom. The number of aliphatic imine (C=N–C) groups is 1. The molecule has 0 radical (unpaired) electrons. The van der Waals surface area contributed by atoms with Crippen LogP contribution in [-0.2, 0) is 11.0 Å². The van der Waals surface area contributed by atoms with Gasteiger partial charge < -0.3 is 10.5 Å². The standard InChI is InChI=1S/C21H23N3OS/c1-20(2,3)16-5-4-6-18(13-16)25-17-9-7-15(8-10-17)21(14-22)11-12-26-19(23)24-21/h4-10,13H,11-12H2,1-3H3,(H2,23,24). The van der Waals surface area contributed by atoms with Crippen LogP contribution in [0.25, 0.3) is 0 Å². The summed E-state index contributed by atoms with van der Waals surface area (Å²) in [5.74, 6) is 2.33. The summed E-state index contributed by atoms with van der Waals surface area (Å²) in [6.07, 6.45) is 0.655. The first-order chi connectivity index (χ1) is 12.3. The lowest BCUT2D eigenvalue weighted by molar-refractivity contribution is 0.477. The monoisotopic (exact) mass is 365 g/mol.